The minimum Gasteiger partial charge on any atom is -0.411 e. The van der Waals surface area contributed by atoms with Crippen LogP contribution in [0.15, 0.2) is 12.2 Å². The fourth-order valence-electron chi connectivity index (χ4n) is 3.02. The van der Waals surface area contributed by atoms with Crippen LogP contribution in [0.2, 0.25) is 18.6 Å². The van der Waals surface area contributed by atoms with Crippen molar-refractivity contribution in [2.75, 3.05) is 0 Å². The molecule has 1 aliphatic carbocycles. The summed E-state index contributed by atoms with van der Waals surface area (Å²) in [4.78, 5) is 0. The second kappa shape index (κ2) is 8.16. The zero-order chi connectivity index (χ0) is 13.4. The lowest BCUT2D eigenvalue weighted by atomic mass is 10.0. The Morgan fingerprint density at radius 2 is 1.89 bits per heavy atom. The van der Waals surface area contributed by atoms with E-state index in [9.17, 15) is 0 Å². The summed E-state index contributed by atoms with van der Waals surface area (Å²) >= 11 is 0. The third-order valence-corrected chi connectivity index (χ3v) is 7.73. The van der Waals surface area contributed by atoms with Crippen molar-refractivity contribution in [1.82, 2.24) is 0 Å². The highest BCUT2D eigenvalue weighted by atomic mass is 28.4. The monoisotopic (exact) mass is 268 g/mol. The molecule has 0 amide bonds. The van der Waals surface area contributed by atoms with E-state index in [1.54, 1.807) is 0 Å². The minimum absolute atomic E-state index is 0.311. The molecule has 0 aromatic heterocycles. The molecule has 0 heterocycles. The smallest absolute Gasteiger partial charge is 0.190 e. The van der Waals surface area contributed by atoms with Crippen molar-refractivity contribution in [3.8, 4) is 0 Å². The Kier molecular flexibility index (Phi) is 7.24. The first kappa shape index (κ1) is 16.0. The van der Waals surface area contributed by atoms with Crippen LogP contribution in [0.1, 0.15) is 65.2 Å². The Balaban J connectivity index is 2.35. The average molecular weight is 269 g/mol. The number of hydrogen-bond donors (Lipinski definition) is 0. The number of rotatable bonds is 7. The summed E-state index contributed by atoms with van der Waals surface area (Å²) in [7, 11) is -1.49. The molecule has 0 radical (unpaired) electrons. The van der Waals surface area contributed by atoms with Gasteiger partial charge in [0.25, 0.3) is 0 Å². The van der Waals surface area contributed by atoms with Gasteiger partial charge in [0.05, 0.1) is 6.10 Å². The van der Waals surface area contributed by atoms with Gasteiger partial charge in [-0.2, -0.15) is 0 Å². The van der Waals surface area contributed by atoms with E-state index >= 15 is 0 Å². The molecule has 0 aromatic rings. The van der Waals surface area contributed by atoms with Crippen molar-refractivity contribution in [3.05, 3.63) is 12.2 Å². The van der Waals surface area contributed by atoms with Crippen LogP contribution < -0.4 is 0 Å². The van der Waals surface area contributed by atoms with Crippen molar-refractivity contribution in [3.63, 3.8) is 0 Å². The van der Waals surface area contributed by atoms with Gasteiger partial charge in [0.2, 0.25) is 0 Å². The van der Waals surface area contributed by atoms with Crippen molar-refractivity contribution in [2.24, 2.45) is 0 Å². The first-order valence-corrected chi connectivity index (χ1v) is 10.9. The predicted molar refractivity (Wildman–Crippen MR) is 83.5 cm³/mol. The van der Waals surface area contributed by atoms with Crippen molar-refractivity contribution in [2.45, 2.75) is 90.0 Å². The predicted octanol–water partition coefficient (Wildman–Crippen LogP) is 5.68. The molecule has 1 atom stereocenters. The minimum atomic E-state index is -1.49. The standard InChI is InChI=1S/C16H32OSi/c1-5-6-7-9-12-15(2)17-18(3,4)16-13-10-8-11-14-16/h9,12,15-16H,5-8,10-11,13-14H2,1-4H3/b12-9+. The van der Waals surface area contributed by atoms with Crippen LogP contribution in [0, 0.1) is 0 Å². The quantitative estimate of drug-likeness (QED) is 0.328. The molecule has 1 rings (SSSR count). The lowest BCUT2D eigenvalue weighted by Gasteiger charge is -2.36. The van der Waals surface area contributed by atoms with E-state index < -0.39 is 8.32 Å². The molecule has 106 valence electrons. The number of unbranched alkanes of at least 4 members (excludes halogenated alkanes) is 2. The summed E-state index contributed by atoms with van der Waals surface area (Å²) in [6.45, 7) is 9.28. The van der Waals surface area contributed by atoms with Gasteiger partial charge in [-0.1, -0.05) is 64.0 Å². The molecule has 1 aliphatic rings. The highest BCUT2D eigenvalue weighted by molar-refractivity contribution is 6.72. The molecule has 0 N–H and O–H groups in total. The van der Waals surface area contributed by atoms with Crippen molar-refractivity contribution < 1.29 is 4.43 Å². The zero-order valence-corrected chi connectivity index (χ0v) is 13.9. The molecule has 1 fully saturated rings. The van der Waals surface area contributed by atoms with E-state index in [0.29, 0.717) is 6.10 Å². The van der Waals surface area contributed by atoms with Crippen LogP contribution in [0.4, 0.5) is 0 Å². The third kappa shape index (κ3) is 5.70. The van der Waals surface area contributed by atoms with Crippen LogP contribution in [0.25, 0.3) is 0 Å². The second-order valence-corrected chi connectivity index (χ2v) is 10.6. The van der Waals surface area contributed by atoms with Crippen LogP contribution in [0.3, 0.4) is 0 Å². The van der Waals surface area contributed by atoms with E-state index in [2.05, 4.69) is 39.1 Å². The fraction of sp³-hybridized carbons (Fsp3) is 0.875. The van der Waals surface area contributed by atoms with Gasteiger partial charge in [-0.25, -0.2) is 0 Å². The molecular weight excluding hydrogens is 236 g/mol. The van der Waals surface area contributed by atoms with E-state index in [0.717, 1.165) is 5.54 Å². The van der Waals surface area contributed by atoms with Gasteiger partial charge < -0.3 is 4.43 Å². The van der Waals surface area contributed by atoms with E-state index in [1.807, 2.05) is 0 Å². The molecule has 0 aromatic carbocycles. The fourth-order valence-corrected chi connectivity index (χ4v) is 6.05. The van der Waals surface area contributed by atoms with Gasteiger partial charge in [-0.3, -0.25) is 0 Å². The molecular formula is C16H32OSi. The highest BCUT2D eigenvalue weighted by Crippen LogP contribution is 2.38. The molecule has 0 saturated heterocycles. The maximum absolute atomic E-state index is 6.41. The largest absolute Gasteiger partial charge is 0.411 e. The van der Waals surface area contributed by atoms with Crippen LogP contribution in [0.5, 0.6) is 0 Å². The number of hydrogen-bond acceptors (Lipinski definition) is 1. The molecule has 1 saturated carbocycles. The van der Waals surface area contributed by atoms with Crippen molar-refractivity contribution in [1.29, 1.82) is 0 Å². The summed E-state index contributed by atoms with van der Waals surface area (Å²) in [5.74, 6) is 0. The Bertz CT molecular complexity index is 241. The van der Waals surface area contributed by atoms with Crippen molar-refractivity contribution >= 4 is 8.32 Å². The lowest BCUT2D eigenvalue weighted by molar-refractivity contribution is 0.244. The number of allylic oxidation sites excluding steroid dienone is 1. The maximum Gasteiger partial charge on any atom is 0.190 e. The Morgan fingerprint density at radius 1 is 1.22 bits per heavy atom. The van der Waals surface area contributed by atoms with Gasteiger partial charge in [0, 0.05) is 0 Å². The lowest BCUT2D eigenvalue weighted by Crippen LogP contribution is -2.40. The van der Waals surface area contributed by atoms with Gasteiger partial charge in [-0.15, -0.1) is 0 Å². The van der Waals surface area contributed by atoms with Crippen LogP contribution in [-0.4, -0.2) is 14.4 Å². The van der Waals surface area contributed by atoms with Crippen LogP contribution >= 0.6 is 0 Å². The van der Waals surface area contributed by atoms with E-state index in [-0.39, 0.29) is 0 Å². The molecule has 2 heteroatoms. The second-order valence-electron chi connectivity index (χ2n) is 6.33. The summed E-state index contributed by atoms with van der Waals surface area (Å²) in [5.41, 5.74) is 0.887. The van der Waals surface area contributed by atoms with Gasteiger partial charge >= 0.3 is 0 Å². The molecule has 0 bridgehead atoms. The summed E-state index contributed by atoms with van der Waals surface area (Å²) in [6.07, 6.45) is 15.8. The van der Waals surface area contributed by atoms with Crippen LogP contribution in [-0.2, 0) is 4.43 Å². The molecule has 18 heavy (non-hydrogen) atoms. The van der Waals surface area contributed by atoms with Gasteiger partial charge in [0.15, 0.2) is 8.32 Å². The Hall–Kier alpha value is -0.0831. The molecule has 0 spiro atoms. The molecule has 1 unspecified atom stereocenters. The summed E-state index contributed by atoms with van der Waals surface area (Å²) in [5, 5.41) is 0. The SMILES string of the molecule is CCCC/C=C/C(C)O[Si](C)(C)C1CCCCC1. The third-order valence-electron chi connectivity index (χ3n) is 4.21. The average Bonchev–Trinajstić information content (AvgIpc) is 2.35. The first-order chi connectivity index (χ1) is 8.56. The Labute approximate surface area is 115 Å². The van der Waals surface area contributed by atoms with Gasteiger partial charge in [0.1, 0.15) is 0 Å². The molecule has 1 nitrogen and oxygen atoms in total. The normalized spacial score (nSPS) is 20.4. The molecule has 0 aliphatic heterocycles. The van der Waals surface area contributed by atoms with E-state index in [1.165, 1.54) is 51.4 Å². The topological polar surface area (TPSA) is 9.23 Å². The Morgan fingerprint density at radius 3 is 2.50 bits per heavy atom. The summed E-state index contributed by atoms with van der Waals surface area (Å²) < 4.78 is 6.41. The highest BCUT2D eigenvalue weighted by Gasteiger charge is 2.35. The first-order valence-electron chi connectivity index (χ1n) is 7.90. The van der Waals surface area contributed by atoms with E-state index in [4.69, 9.17) is 4.43 Å². The zero-order valence-electron chi connectivity index (χ0n) is 12.9. The van der Waals surface area contributed by atoms with Gasteiger partial charge in [-0.05, 0) is 32.0 Å². The summed E-state index contributed by atoms with van der Waals surface area (Å²) in [6, 6.07) is 0. The maximum atomic E-state index is 6.41.